The molecule has 1 aromatic carbocycles. The molecule has 2 aromatic heterocycles. The Morgan fingerprint density at radius 3 is 1.66 bits per heavy atom. The third-order valence-electron chi connectivity index (χ3n) is 15.7. The smallest absolute Gasteiger partial charge is 0.306 e. The summed E-state index contributed by atoms with van der Waals surface area (Å²) in [5.74, 6) is -1.45. The van der Waals surface area contributed by atoms with Crippen molar-refractivity contribution in [1.82, 2.24) is 35.9 Å². The minimum absolute atomic E-state index is 0.0180. The van der Waals surface area contributed by atoms with Gasteiger partial charge in [-0.2, -0.15) is 4.98 Å². The van der Waals surface area contributed by atoms with Gasteiger partial charge in [-0.3, -0.25) is 33.8 Å². The molecule has 3 amide bonds. The Morgan fingerprint density at radius 1 is 0.598 bits per heavy atom. The predicted molar refractivity (Wildman–Crippen MR) is 348 cm³/mol. The van der Waals surface area contributed by atoms with Crippen molar-refractivity contribution in [3.05, 3.63) is 52.1 Å². The van der Waals surface area contributed by atoms with Crippen LogP contribution in [0.25, 0.3) is 11.2 Å². The summed E-state index contributed by atoms with van der Waals surface area (Å²) in [6.07, 6.45) is 39.8. The molecule has 19 heteroatoms. The molecule has 19 nitrogen and oxygen atoms in total. The molecule has 492 valence electrons. The highest BCUT2D eigenvalue weighted by Crippen LogP contribution is 2.19. The lowest BCUT2D eigenvalue weighted by atomic mass is 10.0. The predicted octanol–water partition coefficient (Wildman–Crippen LogP) is 13.6. The number of fused-ring (bicyclic) bond motifs is 1. The van der Waals surface area contributed by atoms with Gasteiger partial charge in [-0.25, -0.2) is 9.97 Å². The van der Waals surface area contributed by atoms with Crippen LogP contribution in [0.4, 0.5) is 11.6 Å². The Morgan fingerprint density at radius 2 is 1.11 bits per heavy atom. The molecule has 0 bridgehead atoms. The molecule has 7 N–H and O–H groups in total. The molecule has 0 radical (unpaired) electrons. The van der Waals surface area contributed by atoms with Crippen molar-refractivity contribution in [2.75, 3.05) is 50.6 Å². The maximum Gasteiger partial charge on any atom is 0.306 e. The lowest BCUT2D eigenvalue weighted by molar-refractivity contribution is -0.163. The van der Waals surface area contributed by atoms with Gasteiger partial charge in [-0.05, 0) is 77.6 Å². The van der Waals surface area contributed by atoms with Crippen LogP contribution in [0.2, 0.25) is 0 Å². The zero-order chi connectivity index (χ0) is 63.2. The number of nitrogen functional groups attached to an aromatic ring is 1. The fourth-order valence-electron chi connectivity index (χ4n) is 10.2. The van der Waals surface area contributed by atoms with E-state index in [-0.39, 0.29) is 92.7 Å². The van der Waals surface area contributed by atoms with Crippen LogP contribution in [0.3, 0.4) is 0 Å². The number of esters is 2. The fraction of sp³-hybridized carbons (Fsp3) is 0.750. The van der Waals surface area contributed by atoms with E-state index in [1.165, 1.54) is 160 Å². The molecule has 87 heavy (non-hydrogen) atoms. The summed E-state index contributed by atoms with van der Waals surface area (Å²) in [5.41, 5.74) is 5.26. The minimum Gasteiger partial charge on any atom is -0.462 e. The SMILES string of the molecule is CCCCCCCCCCCCCCCCCC(=O)OCC(COCCNC(=O)C(C)(C)OCCC(C)(C)NC(=O)CCCNC(=O)c1ccc(NCc2cnc3nc(N)[nH]c(=O)c3n2)cc1)OC(=O)CCCCCCCCCCCCCCCCC. The van der Waals surface area contributed by atoms with E-state index in [1.54, 1.807) is 38.1 Å². The van der Waals surface area contributed by atoms with Crippen molar-refractivity contribution in [2.24, 2.45) is 0 Å². The summed E-state index contributed by atoms with van der Waals surface area (Å²) < 4.78 is 23.3. The largest absolute Gasteiger partial charge is 0.462 e. The second-order valence-electron chi connectivity index (χ2n) is 24.8. The third kappa shape index (κ3) is 37.0. The van der Waals surface area contributed by atoms with Gasteiger partial charge < -0.3 is 45.9 Å². The Labute approximate surface area is 521 Å². The van der Waals surface area contributed by atoms with Crippen molar-refractivity contribution >= 4 is 52.5 Å². The van der Waals surface area contributed by atoms with Crippen LogP contribution in [-0.2, 0) is 44.7 Å². The molecule has 3 aromatic rings. The number of nitrogens with one attached hydrogen (secondary N) is 5. The number of H-pyrrole nitrogens is 1. The van der Waals surface area contributed by atoms with Crippen LogP contribution in [0.5, 0.6) is 0 Å². The summed E-state index contributed by atoms with van der Waals surface area (Å²) in [6.45, 7) is 12.7. The van der Waals surface area contributed by atoms with Crippen LogP contribution in [0, 0.1) is 0 Å². The van der Waals surface area contributed by atoms with Gasteiger partial charge in [-0.1, -0.05) is 194 Å². The number of nitrogens with two attached hydrogens (primary N) is 1. The molecule has 0 aliphatic heterocycles. The Kier molecular flexibility index (Phi) is 40.3. The van der Waals surface area contributed by atoms with E-state index in [9.17, 15) is 28.8 Å². The average Bonchev–Trinajstić information content (AvgIpc) is 3.15. The van der Waals surface area contributed by atoms with Crippen LogP contribution < -0.4 is 32.6 Å². The molecule has 0 saturated heterocycles. The van der Waals surface area contributed by atoms with Gasteiger partial charge in [-0.15, -0.1) is 0 Å². The molecule has 1 atom stereocenters. The molecule has 0 saturated carbocycles. The molecule has 0 fully saturated rings. The van der Waals surface area contributed by atoms with Crippen molar-refractivity contribution in [2.45, 2.75) is 290 Å². The summed E-state index contributed by atoms with van der Waals surface area (Å²) >= 11 is 0. The second kappa shape index (κ2) is 46.4. The summed E-state index contributed by atoms with van der Waals surface area (Å²) in [4.78, 5) is 91.8. The number of anilines is 2. The Bertz CT molecular complexity index is 2420. The molecule has 2 heterocycles. The van der Waals surface area contributed by atoms with Gasteiger partial charge in [0.2, 0.25) is 11.9 Å². The first-order valence-corrected chi connectivity index (χ1v) is 33.8. The topological polar surface area (TPSA) is 268 Å². The average molecular weight is 1220 g/mol. The zero-order valence-corrected chi connectivity index (χ0v) is 54.7. The highest BCUT2D eigenvalue weighted by atomic mass is 16.6. The number of carbonyl (C=O) groups is 5. The van der Waals surface area contributed by atoms with E-state index >= 15 is 0 Å². The lowest BCUT2D eigenvalue weighted by Crippen LogP contribution is -2.48. The number of aromatic amines is 1. The third-order valence-corrected chi connectivity index (χ3v) is 15.7. The van der Waals surface area contributed by atoms with Gasteiger partial charge in [0, 0.05) is 49.1 Å². The van der Waals surface area contributed by atoms with Gasteiger partial charge in [0.15, 0.2) is 17.3 Å². The van der Waals surface area contributed by atoms with Crippen LogP contribution in [-0.4, -0.2) is 106 Å². The minimum atomic E-state index is -1.18. The van der Waals surface area contributed by atoms with Crippen LogP contribution in [0.15, 0.2) is 35.3 Å². The number of nitrogens with zero attached hydrogens (tertiary/aromatic N) is 3. The molecule has 0 aliphatic rings. The second-order valence-corrected chi connectivity index (χ2v) is 24.8. The summed E-state index contributed by atoms with van der Waals surface area (Å²) in [5, 5.41) is 12.0. The number of hydrogen-bond donors (Lipinski definition) is 6. The fourth-order valence-corrected chi connectivity index (χ4v) is 10.2. The molecule has 1 unspecified atom stereocenters. The molecule has 0 aliphatic carbocycles. The van der Waals surface area contributed by atoms with Gasteiger partial charge in [0.25, 0.3) is 17.4 Å². The first-order valence-electron chi connectivity index (χ1n) is 33.8. The number of ether oxygens (including phenoxy) is 4. The number of amides is 3. The van der Waals surface area contributed by atoms with E-state index in [4.69, 9.17) is 24.7 Å². The van der Waals surface area contributed by atoms with Crippen molar-refractivity contribution in [3.8, 4) is 0 Å². The van der Waals surface area contributed by atoms with E-state index < -0.39 is 22.8 Å². The molecule has 0 spiro atoms. The van der Waals surface area contributed by atoms with Gasteiger partial charge in [0.1, 0.15) is 12.2 Å². The highest BCUT2D eigenvalue weighted by Gasteiger charge is 2.30. The van der Waals surface area contributed by atoms with Crippen LogP contribution >= 0.6 is 0 Å². The van der Waals surface area contributed by atoms with Crippen LogP contribution in [0.1, 0.15) is 282 Å². The first-order chi connectivity index (χ1) is 42.0. The maximum absolute atomic E-state index is 13.2. The molecule has 3 rings (SSSR count). The summed E-state index contributed by atoms with van der Waals surface area (Å²) in [6, 6.07) is 6.88. The monoisotopic (exact) mass is 1220 g/mol. The van der Waals surface area contributed by atoms with E-state index in [2.05, 4.69) is 55.1 Å². The Balaban J connectivity index is 1.30. The molecular formula is C68H115N9O10. The van der Waals surface area contributed by atoms with Crippen molar-refractivity contribution < 1.29 is 42.9 Å². The van der Waals surface area contributed by atoms with E-state index in [1.807, 2.05) is 13.8 Å². The number of unbranched alkanes of at least 4 members (excludes halogenated alkanes) is 28. The highest BCUT2D eigenvalue weighted by molar-refractivity contribution is 5.94. The zero-order valence-electron chi connectivity index (χ0n) is 54.7. The number of hydrogen-bond acceptors (Lipinski definition) is 15. The van der Waals surface area contributed by atoms with E-state index in [0.717, 1.165) is 44.2 Å². The quantitative estimate of drug-likeness (QED) is 0.0227. The first kappa shape index (κ1) is 75.6. The number of benzene rings is 1. The standard InChI is InChI=1S/C68H115N9O10/c1-7-9-11-13-15-17-19-21-23-25-27-29-31-33-35-39-59(79)85-53-57(87-60(80)40-36-34-32-30-28-26-24-22-20-18-16-14-12-10-8-2)52-84-49-47-71-65(83)68(5,6)86-48-45-67(3,4)77-58(78)38-37-46-70-63(81)54-41-43-55(44-42-54)72-50-56-51-73-62-61(74-56)64(82)76-66(69)75-62/h41-44,51,57,72H,7-40,45-50,52-53H2,1-6H3,(H,70,81)(H,71,83)(H,77,78)(H3,69,73,75,76,82). The number of rotatable bonds is 54. The van der Waals surface area contributed by atoms with E-state index in [0.29, 0.717) is 43.5 Å². The van der Waals surface area contributed by atoms with Gasteiger partial charge in [0.05, 0.1) is 38.3 Å². The normalized spacial score (nSPS) is 12.0. The molecular weight excluding hydrogens is 1100 g/mol. The van der Waals surface area contributed by atoms with Gasteiger partial charge >= 0.3 is 11.9 Å². The number of aromatic nitrogens is 4. The Hall–Kier alpha value is -5.69. The lowest BCUT2D eigenvalue weighted by Gasteiger charge is -2.29. The van der Waals surface area contributed by atoms with Crippen molar-refractivity contribution in [1.29, 1.82) is 0 Å². The maximum atomic E-state index is 13.2. The van der Waals surface area contributed by atoms with Crippen molar-refractivity contribution in [3.63, 3.8) is 0 Å². The number of carbonyl (C=O) groups excluding carboxylic acids is 5. The summed E-state index contributed by atoms with van der Waals surface area (Å²) in [7, 11) is 0.